The predicted molar refractivity (Wildman–Crippen MR) is 104 cm³/mol. The Bertz CT molecular complexity index is 685. The zero-order chi connectivity index (χ0) is 16.2. The lowest BCUT2D eigenvalue weighted by molar-refractivity contribution is 0.0929. The van der Waals surface area contributed by atoms with Gasteiger partial charge in [-0.05, 0) is 56.6 Å². The summed E-state index contributed by atoms with van der Waals surface area (Å²) in [6.45, 7) is 2.57. The van der Waals surface area contributed by atoms with Gasteiger partial charge in [0.25, 0.3) is 0 Å². The molecule has 2 heterocycles. The quantitative estimate of drug-likeness (QED) is 0.405. The van der Waals surface area contributed by atoms with E-state index in [9.17, 15) is 0 Å². The number of ether oxygens (including phenoxy) is 1. The van der Waals surface area contributed by atoms with Crippen molar-refractivity contribution in [1.82, 2.24) is 9.47 Å². The standard InChI is InChI=1S/C18H24BrN2OS/c1-20-7-3-4-16(20)10-14-12-21(13-22-8-9-23-2)18-6-5-15(19)11-17(14)18/h5-6,11-12,16H,2-4,7-10,13H2,1H3/q+1/t16-/m1/s1. The second-order valence-electron chi connectivity index (χ2n) is 6.21. The van der Waals surface area contributed by atoms with E-state index in [0.29, 0.717) is 12.8 Å². The first kappa shape index (κ1) is 17.1. The molecule has 1 saturated heterocycles. The first-order valence-corrected chi connectivity index (χ1v) is 10.1. The molecular weight excluding hydrogens is 372 g/mol. The molecule has 124 valence electrons. The molecule has 0 spiro atoms. The van der Waals surface area contributed by atoms with Gasteiger partial charge in [0.05, 0.1) is 5.52 Å². The summed E-state index contributed by atoms with van der Waals surface area (Å²) in [7, 11) is 2.24. The van der Waals surface area contributed by atoms with Gasteiger partial charge in [-0.1, -0.05) is 15.9 Å². The molecule has 23 heavy (non-hydrogen) atoms. The third kappa shape index (κ3) is 4.02. The van der Waals surface area contributed by atoms with E-state index >= 15 is 0 Å². The maximum absolute atomic E-state index is 5.78. The minimum Gasteiger partial charge on any atom is -0.355 e. The van der Waals surface area contributed by atoms with Crippen LogP contribution in [0.5, 0.6) is 0 Å². The average molecular weight is 396 g/mol. The molecule has 0 aliphatic carbocycles. The van der Waals surface area contributed by atoms with Crippen LogP contribution in [0, 0.1) is 0 Å². The lowest BCUT2D eigenvalue weighted by atomic mass is 10.0. The second kappa shape index (κ2) is 7.88. The molecular formula is C18H24BrN2OS+. The van der Waals surface area contributed by atoms with E-state index < -0.39 is 0 Å². The zero-order valence-corrected chi connectivity index (χ0v) is 16.0. The zero-order valence-electron chi connectivity index (χ0n) is 13.6. The summed E-state index contributed by atoms with van der Waals surface area (Å²) in [6, 6.07) is 7.19. The molecule has 5 heteroatoms. The molecule has 0 N–H and O–H groups in total. The van der Waals surface area contributed by atoms with E-state index in [4.69, 9.17) is 4.74 Å². The van der Waals surface area contributed by atoms with Gasteiger partial charge in [0, 0.05) is 22.1 Å². The van der Waals surface area contributed by atoms with Gasteiger partial charge in [-0.25, -0.2) is 0 Å². The van der Waals surface area contributed by atoms with Crippen LogP contribution < -0.4 is 0 Å². The van der Waals surface area contributed by atoms with Crippen LogP contribution in [0.1, 0.15) is 18.4 Å². The molecule has 1 aromatic carbocycles. The second-order valence-corrected chi connectivity index (χ2v) is 7.94. The largest absolute Gasteiger partial charge is 0.355 e. The first-order chi connectivity index (χ1) is 11.2. The van der Waals surface area contributed by atoms with E-state index in [1.54, 1.807) is 11.4 Å². The maximum Gasteiger partial charge on any atom is 0.198 e. The highest BCUT2D eigenvalue weighted by Gasteiger charge is 2.22. The third-order valence-electron chi connectivity index (χ3n) is 4.66. The molecule has 0 unspecified atom stereocenters. The number of fused-ring (bicyclic) bond motifs is 1. The molecule has 0 amide bonds. The average Bonchev–Trinajstić information content (AvgIpc) is 3.09. The fraction of sp³-hybridized carbons (Fsp3) is 0.500. The van der Waals surface area contributed by atoms with Crippen LogP contribution >= 0.6 is 15.9 Å². The lowest BCUT2D eigenvalue weighted by Crippen LogP contribution is -2.26. The van der Waals surface area contributed by atoms with Gasteiger partial charge >= 0.3 is 0 Å². The van der Waals surface area contributed by atoms with Crippen LogP contribution in [0.2, 0.25) is 0 Å². The Morgan fingerprint density at radius 2 is 2.30 bits per heavy atom. The minimum atomic E-state index is 0.610. The summed E-state index contributed by atoms with van der Waals surface area (Å²) in [4.78, 5) is 2.49. The molecule has 1 fully saturated rings. The minimum absolute atomic E-state index is 0.610. The molecule has 2 aromatic rings. The molecule has 0 bridgehead atoms. The number of halogens is 1. The summed E-state index contributed by atoms with van der Waals surface area (Å²) in [6.07, 6.45) is 6.01. The van der Waals surface area contributed by atoms with E-state index in [-0.39, 0.29) is 0 Å². The number of aromatic nitrogens is 1. The summed E-state index contributed by atoms with van der Waals surface area (Å²) >= 11 is 5.19. The molecule has 0 saturated carbocycles. The van der Waals surface area contributed by atoms with Crippen molar-refractivity contribution in [2.75, 3.05) is 26.0 Å². The van der Waals surface area contributed by atoms with Gasteiger partial charge in [-0.3, -0.25) is 0 Å². The van der Waals surface area contributed by atoms with Crippen molar-refractivity contribution >= 4 is 44.1 Å². The van der Waals surface area contributed by atoms with Crippen molar-refractivity contribution in [3.63, 3.8) is 0 Å². The van der Waals surface area contributed by atoms with Crippen LogP contribution in [0.4, 0.5) is 0 Å². The number of hydrogen-bond donors (Lipinski definition) is 0. The van der Waals surface area contributed by atoms with Gasteiger partial charge in [0.2, 0.25) is 0 Å². The summed E-state index contributed by atoms with van der Waals surface area (Å²) < 4.78 is 9.16. The highest BCUT2D eigenvalue weighted by Crippen LogP contribution is 2.29. The topological polar surface area (TPSA) is 17.4 Å². The van der Waals surface area contributed by atoms with Gasteiger partial charge in [-0.2, -0.15) is 0 Å². The maximum atomic E-state index is 5.78. The Hall–Kier alpha value is -0.750. The summed E-state index contributed by atoms with van der Waals surface area (Å²) in [5.74, 6) is 4.71. The van der Waals surface area contributed by atoms with E-state index in [1.807, 2.05) is 0 Å². The third-order valence-corrected chi connectivity index (χ3v) is 5.60. The molecule has 1 aliphatic heterocycles. The summed E-state index contributed by atoms with van der Waals surface area (Å²) in [5.41, 5.74) is 2.68. The van der Waals surface area contributed by atoms with Gasteiger partial charge in [0.15, 0.2) is 23.0 Å². The molecule has 3 rings (SSSR count). The van der Waals surface area contributed by atoms with Crippen molar-refractivity contribution in [3.05, 3.63) is 34.4 Å². The fourth-order valence-corrected chi connectivity index (χ4v) is 3.98. The van der Waals surface area contributed by atoms with Crippen molar-refractivity contribution < 1.29 is 4.74 Å². The van der Waals surface area contributed by atoms with Crippen LogP contribution in [0.25, 0.3) is 10.9 Å². The van der Waals surface area contributed by atoms with Crippen LogP contribution in [0.15, 0.2) is 28.9 Å². The molecule has 1 atom stereocenters. The number of hydrogen-bond acceptors (Lipinski definition) is 2. The Kier molecular flexibility index (Phi) is 5.85. The van der Waals surface area contributed by atoms with E-state index in [1.165, 1.54) is 35.9 Å². The van der Waals surface area contributed by atoms with Crippen molar-refractivity contribution in [2.24, 2.45) is 0 Å². The lowest BCUT2D eigenvalue weighted by Gasteiger charge is -2.18. The number of likely N-dealkylation sites (N-methyl/N-ethyl adjacent to an activating group) is 1. The van der Waals surface area contributed by atoms with Crippen molar-refractivity contribution in [3.8, 4) is 0 Å². The Labute approximate surface area is 150 Å². The molecule has 1 aliphatic rings. The molecule has 1 aromatic heterocycles. The van der Waals surface area contributed by atoms with Crippen molar-refractivity contribution in [2.45, 2.75) is 32.0 Å². The highest BCUT2D eigenvalue weighted by atomic mass is 79.9. The van der Waals surface area contributed by atoms with Crippen LogP contribution in [-0.2, 0) is 29.2 Å². The highest BCUT2D eigenvalue weighted by molar-refractivity contribution is 9.10. The number of rotatable bonds is 7. The van der Waals surface area contributed by atoms with Crippen molar-refractivity contribution in [1.29, 1.82) is 0 Å². The van der Waals surface area contributed by atoms with Crippen LogP contribution in [-0.4, -0.2) is 47.3 Å². The SMILES string of the molecule is C=[S+]CCOCn1cc(C[C@H]2CCCN2C)c2cc(Br)ccc21. The van der Waals surface area contributed by atoms with Crippen LogP contribution in [0.3, 0.4) is 0 Å². The fourth-order valence-electron chi connectivity index (χ4n) is 3.38. The molecule has 0 radical (unpaired) electrons. The van der Waals surface area contributed by atoms with E-state index in [2.05, 4.69) is 62.7 Å². The normalized spacial score (nSPS) is 18.8. The smallest absolute Gasteiger partial charge is 0.198 e. The Balaban J connectivity index is 1.84. The molecule has 3 nitrogen and oxygen atoms in total. The van der Waals surface area contributed by atoms with Gasteiger partial charge in [0.1, 0.15) is 13.3 Å². The Morgan fingerprint density at radius 3 is 3.04 bits per heavy atom. The first-order valence-electron chi connectivity index (χ1n) is 8.11. The van der Waals surface area contributed by atoms with Gasteiger partial charge in [-0.15, -0.1) is 0 Å². The number of benzene rings is 1. The monoisotopic (exact) mass is 395 g/mol. The number of nitrogens with zero attached hydrogens (tertiary/aromatic N) is 2. The van der Waals surface area contributed by atoms with Gasteiger partial charge < -0.3 is 14.2 Å². The number of likely N-dealkylation sites (tertiary alicyclic amines) is 1. The predicted octanol–water partition coefficient (Wildman–Crippen LogP) is 3.53. The van der Waals surface area contributed by atoms with E-state index in [0.717, 1.165) is 23.3 Å². The summed E-state index contributed by atoms with van der Waals surface area (Å²) in [5, 5.41) is 1.34. The Morgan fingerprint density at radius 1 is 1.43 bits per heavy atom.